The van der Waals surface area contributed by atoms with Crippen molar-refractivity contribution in [2.75, 3.05) is 18.6 Å². The van der Waals surface area contributed by atoms with Gasteiger partial charge in [0.1, 0.15) is 5.75 Å². The fourth-order valence-corrected chi connectivity index (χ4v) is 5.75. The lowest BCUT2D eigenvalue weighted by Crippen LogP contribution is -2.44. The maximum atomic E-state index is 13.7. The number of amides is 2. The van der Waals surface area contributed by atoms with Gasteiger partial charge >= 0.3 is 6.18 Å². The van der Waals surface area contributed by atoms with E-state index < -0.39 is 34.8 Å². The predicted octanol–water partition coefficient (Wildman–Crippen LogP) is 5.33. The van der Waals surface area contributed by atoms with Crippen LogP contribution < -0.4 is 15.0 Å². The molecule has 1 aliphatic carbocycles. The second-order valence-corrected chi connectivity index (χ2v) is 10.6. The summed E-state index contributed by atoms with van der Waals surface area (Å²) < 4.78 is 45.4. The average molecular weight is 574 g/mol. The minimum absolute atomic E-state index is 0.0636. The summed E-state index contributed by atoms with van der Waals surface area (Å²) in [5.41, 5.74) is -2.23. The zero-order valence-electron chi connectivity index (χ0n) is 21.5. The van der Waals surface area contributed by atoms with E-state index in [0.29, 0.717) is 54.8 Å². The van der Waals surface area contributed by atoms with Crippen molar-refractivity contribution in [3.8, 4) is 5.75 Å². The van der Waals surface area contributed by atoms with Crippen LogP contribution in [0.15, 0.2) is 60.8 Å². The minimum Gasteiger partial charge on any atom is -0.497 e. The Hall–Kier alpha value is -3.63. The molecule has 3 aromatic rings. The average Bonchev–Trinajstić information content (AvgIpc) is 3.16. The van der Waals surface area contributed by atoms with Crippen LogP contribution in [0.3, 0.4) is 0 Å². The number of ether oxygens (including phenoxy) is 1. The fourth-order valence-electron chi connectivity index (χ4n) is 5.59. The molecule has 1 fully saturated rings. The Kier molecular flexibility index (Phi) is 7.50. The molecule has 7 nitrogen and oxygen atoms in total. The quantitative estimate of drug-likeness (QED) is 0.416. The summed E-state index contributed by atoms with van der Waals surface area (Å²) in [6.07, 6.45) is -1.62. The predicted molar refractivity (Wildman–Crippen MR) is 142 cm³/mol. The molecule has 0 bridgehead atoms. The van der Waals surface area contributed by atoms with E-state index in [0.717, 1.165) is 12.3 Å². The summed E-state index contributed by atoms with van der Waals surface area (Å²) in [7, 11) is 1.51. The number of aromatic nitrogens is 1. The highest BCUT2D eigenvalue weighted by atomic mass is 35.5. The maximum Gasteiger partial charge on any atom is 0.434 e. The van der Waals surface area contributed by atoms with Gasteiger partial charge in [-0.2, -0.15) is 13.2 Å². The van der Waals surface area contributed by atoms with Crippen LogP contribution in [-0.2, 0) is 16.6 Å². The molecule has 2 aromatic carbocycles. The lowest BCUT2D eigenvalue weighted by atomic mass is 9.85. The first-order valence-corrected chi connectivity index (χ1v) is 13.2. The number of rotatable bonds is 6. The molecular formula is C29H27ClF3N3O4. The lowest BCUT2D eigenvalue weighted by Gasteiger charge is -2.32. The first-order valence-electron chi connectivity index (χ1n) is 12.8. The van der Waals surface area contributed by atoms with Gasteiger partial charge in [-0.1, -0.05) is 41.9 Å². The number of pyridine rings is 1. The van der Waals surface area contributed by atoms with Crippen molar-refractivity contribution in [3.63, 3.8) is 0 Å². The summed E-state index contributed by atoms with van der Waals surface area (Å²) in [5, 5.41) is 14.4. The molecule has 11 heteroatoms. The largest absolute Gasteiger partial charge is 0.497 e. The number of anilines is 1. The Balaban J connectivity index is 1.28. The smallest absolute Gasteiger partial charge is 0.434 e. The van der Waals surface area contributed by atoms with Crippen LogP contribution in [0.1, 0.15) is 52.9 Å². The van der Waals surface area contributed by atoms with Gasteiger partial charge in [0.25, 0.3) is 11.8 Å². The molecule has 2 N–H and O–H groups in total. The van der Waals surface area contributed by atoms with Crippen molar-refractivity contribution in [2.24, 2.45) is 5.92 Å². The molecule has 5 rings (SSSR count). The van der Waals surface area contributed by atoms with Crippen molar-refractivity contribution >= 4 is 29.1 Å². The first kappa shape index (κ1) is 27.9. The number of aliphatic hydroxyl groups is 1. The van der Waals surface area contributed by atoms with Crippen LogP contribution in [-0.4, -0.2) is 41.6 Å². The van der Waals surface area contributed by atoms with Gasteiger partial charge in [0.05, 0.1) is 23.4 Å². The van der Waals surface area contributed by atoms with Crippen molar-refractivity contribution in [1.82, 2.24) is 10.3 Å². The third kappa shape index (κ3) is 5.13. The zero-order valence-corrected chi connectivity index (χ0v) is 22.3. The van der Waals surface area contributed by atoms with Crippen molar-refractivity contribution in [2.45, 2.75) is 43.5 Å². The standard InChI is InChI=1S/C29H27ClF3N3O4/c1-40-21-6-4-5-18(13-21)28(39)23-7-2-3-8-24(23)36(27(28)38)16-17-9-11-20(12-10-17)35-26(37)22-14-19(30)15-34-25(22)29(31,32)33/h2-8,13-15,17,20,39H,9-12,16H2,1H3,(H,35,37). The molecule has 1 aliphatic heterocycles. The molecule has 0 radical (unpaired) electrons. The molecule has 1 aromatic heterocycles. The second kappa shape index (κ2) is 10.7. The van der Waals surface area contributed by atoms with Crippen LogP contribution >= 0.6 is 11.6 Å². The highest BCUT2D eigenvalue weighted by Gasteiger charge is 2.51. The fraction of sp³-hybridized carbons (Fsp3) is 0.345. The van der Waals surface area contributed by atoms with Gasteiger partial charge in [0, 0.05) is 29.9 Å². The SMILES string of the molecule is COc1cccc(C2(O)C(=O)N(CC3CCC(NC(=O)c4cc(Cl)cnc4C(F)(F)F)CC3)c3ccccc32)c1. The number of nitrogens with zero attached hydrogens (tertiary/aromatic N) is 2. The Bertz CT molecular complexity index is 1440. The molecule has 0 saturated heterocycles. The number of hydrogen-bond acceptors (Lipinski definition) is 5. The molecule has 1 unspecified atom stereocenters. The Morgan fingerprint density at radius 3 is 2.58 bits per heavy atom. The van der Waals surface area contributed by atoms with Gasteiger partial charge in [-0.05, 0) is 55.9 Å². The number of para-hydroxylation sites is 1. The normalized spacial score (nSPS) is 22.6. The topological polar surface area (TPSA) is 91.8 Å². The van der Waals surface area contributed by atoms with E-state index in [2.05, 4.69) is 10.3 Å². The molecule has 210 valence electrons. The number of benzene rings is 2. The van der Waals surface area contributed by atoms with Gasteiger partial charge in [0.2, 0.25) is 0 Å². The third-order valence-electron chi connectivity index (χ3n) is 7.62. The number of methoxy groups -OCH3 is 1. The summed E-state index contributed by atoms with van der Waals surface area (Å²) in [6.45, 7) is 0.360. The second-order valence-electron chi connectivity index (χ2n) is 10.1. The van der Waals surface area contributed by atoms with Gasteiger partial charge in [-0.25, -0.2) is 4.98 Å². The molecule has 1 atom stereocenters. The summed E-state index contributed by atoms with van der Waals surface area (Å²) in [5.74, 6) is -0.745. The van der Waals surface area contributed by atoms with Gasteiger partial charge < -0.3 is 20.1 Å². The number of nitrogens with one attached hydrogen (secondary N) is 1. The lowest BCUT2D eigenvalue weighted by molar-refractivity contribution is -0.141. The molecule has 0 spiro atoms. The Morgan fingerprint density at radius 2 is 1.88 bits per heavy atom. The number of carbonyl (C=O) groups excluding carboxylic acids is 2. The first-order chi connectivity index (χ1) is 19.0. The monoisotopic (exact) mass is 573 g/mol. The molecule has 2 aliphatic rings. The van der Waals surface area contributed by atoms with Crippen LogP contribution in [0, 0.1) is 5.92 Å². The highest BCUT2D eigenvalue weighted by molar-refractivity contribution is 6.30. The van der Waals surface area contributed by atoms with E-state index >= 15 is 0 Å². The summed E-state index contributed by atoms with van der Waals surface area (Å²) >= 11 is 5.81. The molecule has 2 amide bonds. The molecule has 40 heavy (non-hydrogen) atoms. The van der Waals surface area contributed by atoms with Crippen molar-refractivity contribution in [3.05, 3.63) is 88.2 Å². The number of alkyl halides is 3. The highest BCUT2D eigenvalue weighted by Crippen LogP contribution is 2.46. The van der Waals surface area contributed by atoms with Crippen LogP contribution in [0.4, 0.5) is 18.9 Å². The molecular weight excluding hydrogens is 547 g/mol. The van der Waals surface area contributed by atoms with E-state index in [1.807, 2.05) is 6.07 Å². The van der Waals surface area contributed by atoms with Gasteiger partial charge in [-0.3, -0.25) is 9.59 Å². The molecule has 2 heterocycles. The van der Waals surface area contributed by atoms with E-state index in [4.69, 9.17) is 16.3 Å². The number of fused-ring (bicyclic) bond motifs is 1. The van der Waals surface area contributed by atoms with E-state index in [9.17, 15) is 27.9 Å². The minimum atomic E-state index is -4.79. The van der Waals surface area contributed by atoms with E-state index in [1.165, 1.54) is 7.11 Å². The van der Waals surface area contributed by atoms with Crippen LogP contribution in [0.2, 0.25) is 5.02 Å². The van der Waals surface area contributed by atoms with Gasteiger partial charge in [-0.15, -0.1) is 0 Å². The molecule has 1 saturated carbocycles. The van der Waals surface area contributed by atoms with Crippen molar-refractivity contribution < 1.29 is 32.6 Å². The Labute approximate surface area is 233 Å². The summed E-state index contributed by atoms with van der Waals surface area (Å²) in [6, 6.07) is 14.5. The van der Waals surface area contributed by atoms with Crippen molar-refractivity contribution in [1.29, 1.82) is 0 Å². The zero-order chi connectivity index (χ0) is 28.7. The van der Waals surface area contributed by atoms with E-state index in [-0.39, 0.29) is 17.0 Å². The number of halogens is 4. The number of hydrogen-bond donors (Lipinski definition) is 2. The Morgan fingerprint density at radius 1 is 1.15 bits per heavy atom. The van der Waals surface area contributed by atoms with Gasteiger partial charge in [0.15, 0.2) is 11.3 Å². The number of carbonyl (C=O) groups is 2. The third-order valence-corrected chi connectivity index (χ3v) is 7.82. The summed E-state index contributed by atoms with van der Waals surface area (Å²) in [4.78, 5) is 31.4. The van der Waals surface area contributed by atoms with Crippen LogP contribution in [0.5, 0.6) is 5.75 Å². The van der Waals surface area contributed by atoms with E-state index in [1.54, 1.807) is 47.4 Å². The maximum absolute atomic E-state index is 13.7. The van der Waals surface area contributed by atoms with Crippen LogP contribution in [0.25, 0.3) is 0 Å².